The number of carbonyl (C=O) groups is 1. The number of nitrogens with zero attached hydrogens (tertiary/aromatic N) is 1. The van der Waals surface area contributed by atoms with Crippen molar-refractivity contribution in [2.45, 2.75) is 26.2 Å². The number of benzene rings is 1. The van der Waals surface area contributed by atoms with Crippen molar-refractivity contribution in [1.29, 1.82) is 5.26 Å². The minimum Gasteiger partial charge on any atom is -0.466 e. The second-order valence-corrected chi connectivity index (χ2v) is 3.55. The highest BCUT2D eigenvalue weighted by Crippen LogP contribution is 2.22. The van der Waals surface area contributed by atoms with Crippen LogP contribution in [0.5, 0.6) is 0 Å². The van der Waals surface area contributed by atoms with Crippen LogP contribution < -0.4 is 0 Å². The van der Waals surface area contributed by atoms with Crippen LogP contribution in [-0.4, -0.2) is 12.6 Å². The summed E-state index contributed by atoms with van der Waals surface area (Å²) < 4.78 is 4.85. The third kappa shape index (κ3) is 3.09. The van der Waals surface area contributed by atoms with Gasteiger partial charge in [0.05, 0.1) is 25.0 Å². The lowest BCUT2D eigenvalue weighted by Crippen LogP contribution is -2.10. The van der Waals surface area contributed by atoms with Gasteiger partial charge in [-0.2, -0.15) is 5.26 Å². The first-order valence-electron chi connectivity index (χ1n) is 5.29. The molecule has 0 saturated heterocycles. The van der Waals surface area contributed by atoms with Crippen molar-refractivity contribution in [3.05, 3.63) is 35.4 Å². The number of ether oxygens (including phenoxy) is 1. The molecule has 3 nitrogen and oxygen atoms in total. The number of hydrogen-bond acceptors (Lipinski definition) is 3. The molecular formula is C13H15NO2. The van der Waals surface area contributed by atoms with Crippen molar-refractivity contribution in [3.8, 4) is 6.07 Å². The third-order valence-corrected chi connectivity index (χ3v) is 2.40. The molecule has 0 fully saturated rings. The highest BCUT2D eigenvalue weighted by atomic mass is 16.5. The standard InChI is InChI=1S/C13H15NO2/c1-3-16-13(15)8-11(9-14)12-7-5-4-6-10(12)2/h4-7,11H,3,8H2,1-2H3. The maximum absolute atomic E-state index is 11.3. The van der Waals surface area contributed by atoms with Gasteiger partial charge >= 0.3 is 5.97 Å². The summed E-state index contributed by atoms with van der Waals surface area (Å²) in [6.45, 7) is 4.04. The molecule has 1 aromatic rings. The Balaban J connectivity index is 2.80. The van der Waals surface area contributed by atoms with Crippen LogP contribution in [0.1, 0.15) is 30.4 Å². The SMILES string of the molecule is CCOC(=O)CC(C#N)c1ccccc1C. The number of nitriles is 1. The molecule has 0 N–H and O–H groups in total. The van der Waals surface area contributed by atoms with Crippen LogP contribution in [0.4, 0.5) is 0 Å². The lowest BCUT2D eigenvalue weighted by Gasteiger charge is -2.11. The van der Waals surface area contributed by atoms with Gasteiger partial charge in [0.1, 0.15) is 0 Å². The molecular weight excluding hydrogens is 202 g/mol. The summed E-state index contributed by atoms with van der Waals surface area (Å²) in [5.74, 6) is -0.738. The van der Waals surface area contributed by atoms with E-state index < -0.39 is 5.92 Å². The van der Waals surface area contributed by atoms with Gasteiger partial charge in [-0.1, -0.05) is 24.3 Å². The van der Waals surface area contributed by atoms with Crippen molar-refractivity contribution >= 4 is 5.97 Å². The molecule has 0 amide bonds. The topological polar surface area (TPSA) is 50.1 Å². The van der Waals surface area contributed by atoms with E-state index in [1.54, 1.807) is 6.92 Å². The van der Waals surface area contributed by atoms with Crippen LogP contribution in [0.15, 0.2) is 24.3 Å². The first kappa shape index (κ1) is 12.3. The summed E-state index contributed by atoms with van der Waals surface area (Å²) in [6, 6.07) is 9.75. The molecule has 0 heterocycles. The van der Waals surface area contributed by atoms with Crippen molar-refractivity contribution in [2.24, 2.45) is 0 Å². The fourth-order valence-corrected chi connectivity index (χ4v) is 1.59. The van der Waals surface area contributed by atoms with Gasteiger partial charge in [0, 0.05) is 0 Å². The quantitative estimate of drug-likeness (QED) is 0.728. The Hall–Kier alpha value is -1.82. The van der Waals surface area contributed by atoms with Crippen LogP contribution in [0.2, 0.25) is 0 Å². The number of hydrogen-bond donors (Lipinski definition) is 0. The molecule has 0 radical (unpaired) electrons. The number of esters is 1. The lowest BCUT2D eigenvalue weighted by atomic mass is 9.93. The van der Waals surface area contributed by atoms with Crippen molar-refractivity contribution in [3.63, 3.8) is 0 Å². The summed E-state index contributed by atoms with van der Waals surface area (Å²) in [4.78, 5) is 11.3. The van der Waals surface area contributed by atoms with Gasteiger partial charge in [-0.3, -0.25) is 4.79 Å². The number of carbonyl (C=O) groups excluding carboxylic acids is 1. The van der Waals surface area contributed by atoms with Crippen LogP contribution in [0.3, 0.4) is 0 Å². The van der Waals surface area contributed by atoms with E-state index in [-0.39, 0.29) is 12.4 Å². The zero-order valence-corrected chi connectivity index (χ0v) is 9.56. The van der Waals surface area contributed by atoms with Crippen LogP contribution >= 0.6 is 0 Å². The van der Waals surface area contributed by atoms with E-state index in [1.165, 1.54) is 0 Å². The van der Waals surface area contributed by atoms with Crippen LogP contribution in [0, 0.1) is 18.3 Å². The molecule has 0 spiro atoms. The predicted octanol–water partition coefficient (Wildman–Crippen LogP) is 2.56. The molecule has 0 aliphatic heterocycles. The average molecular weight is 217 g/mol. The monoisotopic (exact) mass is 217 g/mol. The Morgan fingerprint density at radius 3 is 2.75 bits per heavy atom. The van der Waals surface area contributed by atoms with E-state index in [4.69, 9.17) is 10.00 Å². The predicted molar refractivity (Wildman–Crippen MR) is 60.8 cm³/mol. The fourth-order valence-electron chi connectivity index (χ4n) is 1.59. The van der Waals surface area contributed by atoms with E-state index >= 15 is 0 Å². The maximum atomic E-state index is 11.3. The molecule has 16 heavy (non-hydrogen) atoms. The third-order valence-electron chi connectivity index (χ3n) is 2.40. The molecule has 84 valence electrons. The molecule has 0 aliphatic carbocycles. The van der Waals surface area contributed by atoms with Gasteiger partial charge < -0.3 is 4.74 Å². The Kier molecular flexibility index (Phi) is 4.53. The first-order chi connectivity index (χ1) is 7.69. The van der Waals surface area contributed by atoms with Gasteiger partial charge in [-0.05, 0) is 25.0 Å². The normalized spacial score (nSPS) is 11.6. The largest absolute Gasteiger partial charge is 0.466 e. The molecule has 1 rings (SSSR count). The molecule has 3 heteroatoms. The van der Waals surface area contributed by atoms with Crippen molar-refractivity contribution < 1.29 is 9.53 Å². The number of aryl methyl sites for hydroxylation is 1. The summed E-state index contributed by atoms with van der Waals surface area (Å²) in [5.41, 5.74) is 1.93. The zero-order chi connectivity index (χ0) is 12.0. The van der Waals surface area contributed by atoms with E-state index in [0.717, 1.165) is 11.1 Å². The van der Waals surface area contributed by atoms with E-state index in [0.29, 0.717) is 6.61 Å². The van der Waals surface area contributed by atoms with E-state index in [9.17, 15) is 4.79 Å². The average Bonchev–Trinajstić information content (AvgIpc) is 2.27. The number of rotatable bonds is 4. The second-order valence-electron chi connectivity index (χ2n) is 3.55. The molecule has 0 saturated carbocycles. The zero-order valence-electron chi connectivity index (χ0n) is 9.56. The summed E-state index contributed by atoms with van der Waals surface area (Å²) >= 11 is 0. The Morgan fingerprint density at radius 1 is 1.50 bits per heavy atom. The first-order valence-corrected chi connectivity index (χ1v) is 5.29. The Labute approximate surface area is 95.7 Å². The van der Waals surface area contributed by atoms with Crippen LogP contribution in [0.25, 0.3) is 0 Å². The minimum atomic E-state index is -0.416. The fraction of sp³-hybridized carbons (Fsp3) is 0.385. The van der Waals surface area contributed by atoms with Gasteiger partial charge in [0.15, 0.2) is 0 Å². The van der Waals surface area contributed by atoms with Gasteiger partial charge in [-0.15, -0.1) is 0 Å². The highest BCUT2D eigenvalue weighted by molar-refractivity contribution is 5.71. The Morgan fingerprint density at radius 2 is 2.19 bits per heavy atom. The summed E-state index contributed by atoms with van der Waals surface area (Å²) in [7, 11) is 0. The molecule has 1 unspecified atom stereocenters. The maximum Gasteiger partial charge on any atom is 0.307 e. The van der Waals surface area contributed by atoms with Crippen LogP contribution in [-0.2, 0) is 9.53 Å². The highest BCUT2D eigenvalue weighted by Gasteiger charge is 2.17. The van der Waals surface area contributed by atoms with Crippen molar-refractivity contribution in [2.75, 3.05) is 6.61 Å². The summed E-state index contributed by atoms with van der Waals surface area (Å²) in [6.07, 6.45) is 0.120. The van der Waals surface area contributed by atoms with E-state index in [1.807, 2.05) is 31.2 Å². The lowest BCUT2D eigenvalue weighted by molar-refractivity contribution is -0.143. The van der Waals surface area contributed by atoms with Gasteiger partial charge in [0.2, 0.25) is 0 Å². The molecule has 1 atom stereocenters. The summed E-state index contributed by atoms with van der Waals surface area (Å²) in [5, 5.41) is 9.06. The Bertz CT molecular complexity index is 407. The second kappa shape index (κ2) is 5.92. The molecule has 1 aromatic carbocycles. The van der Waals surface area contributed by atoms with Gasteiger partial charge in [0.25, 0.3) is 0 Å². The minimum absolute atomic E-state index is 0.120. The molecule has 0 bridgehead atoms. The van der Waals surface area contributed by atoms with Gasteiger partial charge in [-0.25, -0.2) is 0 Å². The molecule has 0 aromatic heterocycles. The van der Waals surface area contributed by atoms with Crippen molar-refractivity contribution in [1.82, 2.24) is 0 Å². The smallest absolute Gasteiger partial charge is 0.307 e. The van der Waals surface area contributed by atoms with E-state index in [2.05, 4.69) is 6.07 Å². The molecule has 0 aliphatic rings.